The van der Waals surface area contributed by atoms with Crippen LogP contribution in [0.5, 0.6) is 5.75 Å². The van der Waals surface area contributed by atoms with Crippen LogP contribution < -0.4 is 10.4 Å². The molecule has 0 saturated heterocycles. The van der Waals surface area contributed by atoms with E-state index in [0.717, 1.165) is 11.1 Å². The first-order valence-corrected chi connectivity index (χ1v) is 8.48. The van der Waals surface area contributed by atoms with Gasteiger partial charge in [-0.3, -0.25) is 0 Å². The third-order valence-electron chi connectivity index (χ3n) is 4.24. The number of halogens is 3. The lowest BCUT2D eigenvalue weighted by Gasteiger charge is -2.10. The minimum atomic E-state index is -4.67. The van der Waals surface area contributed by atoms with Crippen LogP contribution in [0.3, 0.4) is 0 Å². The molecule has 0 fully saturated rings. The average Bonchev–Trinajstić information content (AvgIpc) is 3.14. The number of rotatable bonds is 4. The molecule has 9 heteroatoms. The smallest absolute Gasteiger partial charge is 0.417 e. The maximum Gasteiger partial charge on any atom is 0.417 e. The first kappa shape index (κ1) is 18.7. The van der Waals surface area contributed by atoms with Crippen LogP contribution in [0.25, 0.3) is 22.4 Å². The van der Waals surface area contributed by atoms with E-state index in [-0.39, 0.29) is 29.2 Å². The Kier molecular flexibility index (Phi) is 4.57. The molecule has 0 saturated carbocycles. The first-order valence-electron chi connectivity index (χ1n) is 8.48. The van der Waals surface area contributed by atoms with Crippen LogP contribution >= 0.6 is 0 Å². The highest BCUT2D eigenvalue weighted by atomic mass is 19.4. The summed E-state index contributed by atoms with van der Waals surface area (Å²) in [5, 5.41) is 3.68. The van der Waals surface area contributed by atoms with E-state index in [4.69, 9.17) is 13.7 Å². The van der Waals surface area contributed by atoms with Gasteiger partial charge in [0.2, 0.25) is 5.82 Å². The van der Waals surface area contributed by atoms with Crippen LogP contribution in [0.2, 0.25) is 0 Å². The van der Waals surface area contributed by atoms with Gasteiger partial charge in [0.05, 0.1) is 5.56 Å². The molecule has 0 unspecified atom stereocenters. The normalized spacial score (nSPS) is 11.7. The molecule has 4 aromatic rings. The van der Waals surface area contributed by atoms with Gasteiger partial charge >= 0.3 is 11.8 Å². The summed E-state index contributed by atoms with van der Waals surface area (Å²) in [6.07, 6.45) is -4.67. The third kappa shape index (κ3) is 3.84. The van der Waals surface area contributed by atoms with Gasteiger partial charge in [-0.05, 0) is 24.6 Å². The number of fused-ring (bicyclic) bond motifs is 1. The van der Waals surface area contributed by atoms with Gasteiger partial charge in [0.15, 0.2) is 6.61 Å². The lowest BCUT2D eigenvalue weighted by molar-refractivity contribution is -0.136. The summed E-state index contributed by atoms with van der Waals surface area (Å²) in [5.41, 5.74) is -0.592. The number of aromatic nitrogens is 2. The predicted molar refractivity (Wildman–Crippen MR) is 96.3 cm³/mol. The van der Waals surface area contributed by atoms with E-state index in [2.05, 4.69) is 10.1 Å². The van der Waals surface area contributed by atoms with E-state index in [1.165, 1.54) is 18.2 Å². The zero-order chi connectivity index (χ0) is 20.6. The van der Waals surface area contributed by atoms with E-state index >= 15 is 0 Å². The number of alkyl halides is 3. The zero-order valence-electron chi connectivity index (χ0n) is 15.0. The predicted octanol–water partition coefficient (Wildman–Crippen LogP) is 4.75. The van der Waals surface area contributed by atoms with Gasteiger partial charge in [-0.1, -0.05) is 29.4 Å². The highest BCUT2D eigenvalue weighted by Crippen LogP contribution is 2.35. The van der Waals surface area contributed by atoms with Gasteiger partial charge in [-0.2, -0.15) is 18.2 Å². The average molecular weight is 402 g/mol. The van der Waals surface area contributed by atoms with Gasteiger partial charge < -0.3 is 13.7 Å². The molecule has 2 heterocycles. The van der Waals surface area contributed by atoms with Crippen LogP contribution in [-0.2, 0) is 12.8 Å². The molecular weight excluding hydrogens is 389 g/mol. The molecule has 0 spiro atoms. The van der Waals surface area contributed by atoms with Gasteiger partial charge in [0.1, 0.15) is 11.3 Å². The molecule has 148 valence electrons. The Hall–Kier alpha value is -3.62. The molecule has 0 atom stereocenters. The van der Waals surface area contributed by atoms with Crippen molar-refractivity contribution in [1.29, 1.82) is 0 Å². The lowest BCUT2D eigenvalue weighted by atomic mass is 10.1. The van der Waals surface area contributed by atoms with Crippen LogP contribution in [0, 0.1) is 6.92 Å². The van der Waals surface area contributed by atoms with Crippen molar-refractivity contribution >= 4 is 11.0 Å². The highest BCUT2D eigenvalue weighted by Gasteiger charge is 2.33. The van der Waals surface area contributed by atoms with E-state index in [0.29, 0.717) is 11.9 Å². The minimum Gasteiger partial charge on any atom is -0.484 e. The summed E-state index contributed by atoms with van der Waals surface area (Å²) >= 11 is 0. The Balaban J connectivity index is 1.57. The van der Waals surface area contributed by atoms with Crippen molar-refractivity contribution in [3.05, 3.63) is 76.0 Å². The molecule has 29 heavy (non-hydrogen) atoms. The maximum atomic E-state index is 13.1. The zero-order valence-corrected chi connectivity index (χ0v) is 15.0. The fourth-order valence-electron chi connectivity index (χ4n) is 2.86. The SMILES string of the molecule is Cc1ccccc1-c1noc(COc2ccc3c(C(F)(F)F)cc(=O)oc3c2)n1. The van der Waals surface area contributed by atoms with Crippen LogP contribution in [-0.4, -0.2) is 10.1 Å². The van der Waals surface area contributed by atoms with Crippen molar-refractivity contribution in [3.8, 4) is 17.1 Å². The van der Waals surface area contributed by atoms with Crippen molar-refractivity contribution in [2.45, 2.75) is 19.7 Å². The second kappa shape index (κ2) is 7.08. The second-order valence-corrected chi connectivity index (χ2v) is 6.25. The van der Waals surface area contributed by atoms with Crippen LogP contribution in [0.1, 0.15) is 17.0 Å². The first-order chi connectivity index (χ1) is 13.8. The Bertz CT molecular complexity index is 1240. The Morgan fingerprint density at radius 2 is 1.90 bits per heavy atom. The molecule has 0 N–H and O–H groups in total. The second-order valence-electron chi connectivity index (χ2n) is 6.25. The quantitative estimate of drug-likeness (QED) is 0.459. The summed E-state index contributed by atoms with van der Waals surface area (Å²) < 4.78 is 54.8. The summed E-state index contributed by atoms with van der Waals surface area (Å²) in [4.78, 5) is 15.7. The summed E-state index contributed by atoms with van der Waals surface area (Å²) in [7, 11) is 0. The van der Waals surface area contributed by atoms with E-state index in [1.807, 2.05) is 31.2 Å². The molecule has 2 aromatic carbocycles. The molecule has 0 bridgehead atoms. The molecule has 0 amide bonds. The number of ether oxygens (including phenoxy) is 1. The number of hydrogen-bond donors (Lipinski definition) is 0. The monoisotopic (exact) mass is 402 g/mol. The summed E-state index contributed by atoms with van der Waals surface area (Å²) in [6, 6.07) is 11.7. The van der Waals surface area contributed by atoms with Crippen molar-refractivity contribution in [1.82, 2.24) is 10.1 Å². The minimum absolute atomic E-state index is 0.104. The molecule has 0 aliphatic rings. The van der Waals surface area contributed by atoms with Crippen molar-refractivity contribution in [3.63, 3.8) is 0 Å². The maximum absolute atomic E-state index is 13.1. The topological polar surface area (TPSA) is 78.4 Å². The van der Waals surface area contributed by atoms with Crippen molar-refractivity contribution < 1.29 is 26.8 Å². The summed E-state index contributed by atoms with van der Waals surface area (Å²) in [6.45, 7) is 1.81. The largest absolute Gasteiger partial charge is 0.484 e. The number of aryl methyl sites for hydroxylation is 1. The fourth-order valence-corrected chi connectivity index (χ4v) is 2.86. The van der Waals surface area contributed by atoms with Gasteiger partial charge in [-0.25, -0.2) is 4.79 Å². The van der Waals surface area contributed by atoms with Crippen molar-refractivity contribution in [2.75, 3.05) is 0 Å². The molecule has 0 aliphatic carbocycles. The van der Waals surface area contributed by atoms with Gasteiger partial charge in [0.25, 0.3) is 5.89 Å². The van der Waals surface area contributed by atoms with Gasteiger partial charge in [0, 0.05) is 23.1 Å². The van der Waals surface area contributed by atoms with Gasteiger partial charge in [-0.15, -0.1) is 0 Å². The summed E-state index contributed by atoms with van der Waals surface area (Å²) in [5.74, 6) is 0.783. The fraction of sp³-hybridized carbons (Fsp3) is 0.150. The number of nitrogens with zero attached hydrogens (tertiary/aromatic N) is 2. The van der Waals surface area contributed by atoms with E-state index < -0.39 is 17.4 Å². The molecule has 2 aromatic heterocycles. The standard InChI is InChI=1S/C20H13F3N2O4/c1-11-4-2-3-5-13(11)19-24-17(29-25-19)10-27-12-6-7-14-15(20(21,22)23)9-18(26)28-16(14)8-12/h2-9H,10H2,1H3. The molecule has 6 nitrogen and oxygen atoms in total. The van der Waals surface area contributed by atoms with Crippen LogP contribution in [0.15, 0.2) is 62.3 Å². The Morgan fingerprint density at radius 3 is 2.66 bits per heavy atom. The Morgan fingerprint density at radius 1 is 1.10 bits per heavy atom. The molecule has 4 rings (SSSR count). The molecule has 0 aliphatic heterocycles. The van der Waals surface area contributed by atoms with E-state index in [9.17, 15) is 18.0 Å². The Labute approximate surface area is 161 Å². The van der Waals surface area contributed by atoms with Crippen molar-refractivity contribution in [2.24, 2.45) is 0 Å². The molecule has 0 radical (unpaired) electrons. The lowest BCUT2D eigenvalue weighted by Crippen LogP contribution is -2.11. The van der Waals surface area contributed by atoms with E-state index in [1.54, 1.807) is 0 Å². The highest BCUT2D eigenvalue weighted by molar-refractivity contribution is 5.82. The third-order valence-corrected chi connectivity index (χ3v) is 4.24. The molecular formula is C20H13F3N2O4. The number of hydrogen-bond acceptors (Lipinski definition) is 6. The van der Waals surface area contributed by atoms with Crippen LogP contribution in [0.4, 0.5) is 13.2 Å². The number of benzene rings is 2.